The van der Waals surface area contributed by atoms with Gasteiger partial charge in [-0.3, -0.25) is 4.79 Å². The summed E-state index contributed by atoms with van der Waals surface area (Å²) in [5, 5.41) is 0. The van der Waals surface area contributed by atoms with Crippen molar-refractivity contribution in [2.75, 3.05) is 0 Å². The number of ketones is 1. The monoisotopic (exact) mass is 362 g/mol. The Morgan fingerprint density at radius 3 is 1.40 bits per heavy atom. The zero-order valence-corrected chi connectivity index (χ0v) is 17.2. The van der Waals surface area contributed by atoms with Crippen LogP contribution >= 0.6 is 7.92 Å². The van der Waals surface area contributed by atoms with Crippen molar-refractivity contribution in [3.63, 3.8) is 0 Å². The predicted octanol–water partition coefficient (Wildman–Crippen LogP) is 7.06. The zero-order chi connectivity index (χ0) is 17.1. The van der Waals surface area contributed by atoms with E-state index in [0.29, 0.717) is 5.78 Å². The highest BCUT2D eigenvalue weighted by Crippen LogP contribution is 2.65. The lowest BCUT2D eigenvalue weighted by Crippen LogP contribution is -2.41. The molecule has 0 N–H and O–H groups in total. The molecule has 3 atom stereocenters. The summed E-state index contributed by atoms with van der Waals surface area (Å²) in [6.07, 6.45) is 23.9. The summed E-state index contributed by atoms with van der Waals surface area (Å²) in [6.45, 7) is 0. The molecule has 142 valence electrons. The van der Waals surface area contributed by atoms with Gasteiger partial charge in [-0.2, -0.15) is 0 Å². The average Bonchev–Trinajstić information content (AvgIpc) is 2.69. The maximum Gasteiger partial charge on any atom is 0.134 e. The van der Waals surface area contributed by atoms with Crippen LogP contribution in [0.25, 0.3) is 0 Å². The van der Waals surface area contributed by atoms with Crippen LogP contribution in [0.2, 0.25) is 0 Å². The fraction of sp³-hybridized carbons (Fsp3) is 0.957. The van der Waals surface area contributed by atoms with Crippen LogP contribution < -0.4 is 0 Å². The predicted molar refractivity (Wildman–Crippen MR) is 109 cm³/mol. The highest BCUT2D eigenvalue weighted by Gasteiger charge is 2.46. The lowest BCUT2D eigenvalue weighted by Gasteiger charge is -2.50. The van der Waals surface area contributed by atoms with Crippen molar-refractivity contribution in [3.05, 3.63) is 0 Å². The molecule has 25 heavy (non-hydrogen) atoms. The van der Waals surface area contributed by atoms with E-state index in [1.54, 1.807) is 0 Å². The maximum atomic E-state index is 12.8. The normalized spacial score (nSPS) is 37.3. The van der Waals surface area contributed by atoms with Crippen LogP contribution in [-0.2, 0) is 4.79 Å². The van der Waals surface area contributed by atoms with Gasteiger partial charge in [0.05, 0.1) is 0 Å². The molecule has 4 rings (SSSR count). The van der Waals surface area contributed by atoms with Crippen molar-refractivity contribution in [2.45, 2.75) is 126 Å². The standard InChI is InChI=1S/C23H39OP/c24-20-16-22(18-10-4-1-5-11-18)25(21-14-8-3-9-15-21)23(17-20)19-12-6-2-7-13-19/h18-19,21-23H,1-17H2/t22-,23+,25?. The van der Waals surface area contributed by atoms with Crippen LogP contribution in [0.5, 0.6) is 0 Å². The minimum atomic E-state index is 0.0901. The number of hydrogen-bond donors (Lipinski definition) is 0. The van der Waals surface area contributed by atoms with Gasteiger partial charge in [0, 0.05) is 12.8 Å². The van der Waals surface area contributed by atoms with Crippen molar-refractivity contribution in [2.24, 2.45) is 11.8 Å². The third-order valence-electron chi connectivity index (χ3n) is 8.02. The fourth-order valence-electron chi connectivity index (χ4n) is 6.79. The maximum absolute atomic E-state index is 12.8. The Kier molecular flexibility index (Phi) is 6.54. The lowest BCUT2D eigenvalue weighted by atomic mass is 9.82. The van der Waals surface area contributed by atoms with E-state index in [-0.39, 0.29) is 7.92 Å². The molecular weight excluding hydrogens is 323 g/mol. The van der Waals surface area contributed by atoms with Gasteiger partial charge in [0.1, 0.15) is 5.78 Å². The first-order valence-electron chi connectivity index (χ1n) is 11.6. The second-order valence-electron chi connectivity index (χ2n) is 9.62. The zero-order valence-electron chi connectivity index (χ0n) is 16.3. The molecule has 0 amide bonds. The SMILES string of the molecule is O=C1C[C@H](C2CCCCC2)P(C2CCCCC2)[C@H](C2CCCCC2)C1. The molecule has 3 saturated carbocycles. The molecule has 2 heteroatoms. The fourth-order valence-corrected chi connectivity index (χ4v) is 11.7. The Hall–Kier alpha value is 0.100. The van der Waals surface area contributed by atoms with Crippen LogP contribution in [0, 0.1) is 11.8 Å². The van der Waals surface area contributed by atoms with E-state index in [0.717, 1.165) is 41.7 Å². The molecular formula is C23H39OP. The van der Waals surface area contributed by atoms with Crippen LogP contribution in [0.3, 0.4) is 0 Å². The van der Waals surface area contributed by atoms with Gasteiger partial charge in [0.25, 0.3) is 0 Å². The number of Topliss-reactive ketones (excluding diaryl/α,β-unsaturated/α-hetero) is 1. The number of rotatable bonds is 3. The van der Waals surface area contributed by atoms with Crippen LogP contribution in [0.4, 0.5) is 0 Å². The molecule has 0 radical (unpaired) electrons. The quantitative estimate of drug-likeness (QED) is 0.491. The minimum absolute atomic E-state index is 0.0901. The van der Waals surface area contributed by atoms with Crippen molar-refractivity contribution in [3.8, 4) is 0 Å². The van der Waals surface area contributed by atoms with Gasteiger partial charge in [-0.15, -0.1) is 0 Å². The Morgan fingerprint density at radius 1 is 0.560 bits per heavy atom. The Balaban J connectivity index is 1.58. The summed E-state index contributed by atoms with van der Waals surface area (Å²) in [5.41, 5.74) is 2.67. The summed E-state index contributed by atoms with van der Waals surface area (Å²) < 4.78 is 0. The molecule has 0 aromatic rings. The van der Waals surface area contributed by atoms with E-state index in [2.05, 4.69) is 0 Å². The number of carbonyl (C=O) groups excluding carboxylic acids is 1. The van der Waals surface area contributed by atoms with Gasteiger partial charge in [-0.05, 0) is 67.3 Å². The Bertz CT molecular complexity index is 399. The topological polar surface area (TPSA) is 17.1 Å². The van der Waals surface area contributed by atoms with E-state index < -0.39 is 0 Å². The molecule has 0 bridgehead atoms. The first-order chi connectivity index (χ1) is 12.3. The van der Waals surface area contributed by atoms with Gasteiger partial charge in [-0.25, -0.2) is 0 Å². The van der Waals surface area contributed by atoms with Crippen LogP contribution in [0.1, 0.15) is 109 Å². The molecule has 1 aliphatic heterocycles. The first-order valence-corrected chi connectivity index (χ1v) is 13.2. The van der Waals surface area contributed by atoms with Crippen LogP contribution in [-0.4, -0.2) is 22.8 Å². The number of hydrogen-bond acceptors (Lipinski definition) is 1. The third kappa shape index (κ3) is 4.34. The van der Waals surface area contributed by atoms with Crippen LogP contribution in [0.15, 0.2) is 0 Å². The largest absolute Gasteiger partial charge is 0.300 e. The average molecular weight is 363 g/mol. The summed E-state index contributed by atoms with van der Waals surface area (Å²) in [5.74, 6) is 2.48. The summed E-state index contributed by atoms with van der Waals surface area (Å²) in [7, 11) is 0.0901. The van der Waals surface area contributed by atoms with Crippen molar-refractivity contribution in [1.29, 1.82) is 0 Å². The van der Waals surface area contributed by atoms with Gasteiger partial charge >= 0.3 is 0 Å². The van der Waals surface area contributed by atoms with Crippen molar-refractivity contribution in [1.82, 2.24) is 0 Å². The van der Waals surface area contributed by atoms with Crippen molar-refractivity contribution < 1.29 is 4.79 Å². The molecule has 1 unspecified atom stereocenters. The molecule has 4 aliphatic rings. The second kappa shape index (κ2) is 8.86. The highest BCUT2D eigenvalue weighted by atomic mass is 31.1. The summed E-state index contributed by atoms with van der Waals surface area (Å²) in [6, 6.07) is 0. The Labute approximate surface area is 156 Å². The van der Waals surface area contributed by atoms with E-state index in [4.69, 9.17) is 0 Å². The first kappa shape index (κ1) is 18.5. The molecule has 0 aromatic heterocycles. The van der Waals surface area contributed by atoms with Gasteiger partial charge in [-0.1, -0.05) is 65.7 Å². The molecule has 4 fully saturated rings. The smallest absolute Gasteiger partial charge is 0.134 e. The highest BCUT2D eigenvalue weighted by molar-refractivity contribution is 7.60. The lowest BCUT2D eigenvalue weighted by molar-refractivity contribution is -0.120. The van der Waals surface area contributed by atoms with Crippen molar-refractivity contribution >= 4 is 13.7 Å². The molecule has 1 saturated heterocycles. The third-order valence-corrected chi connectivity index (χ3v) is 12.1. The van der Waals surface area contributed by atoms with E-state index in [1.165, 1.54) is 96.3 Å². The molecule has 3 aliphatic carbocycles. The molecule has 0 aromatic carbocycles. The minimum Gasteiger partial charge on any atom is -0.300 e. The molecule has 0 spiro atoms. The Morgan fingerprint density at radius 2 is 0.960 bits per heavy atom. The molecule has 1 heterocycles. The van der Waals surface area contributed by atoms with E-state index in [1.807, 2.05) is 0 Å². The second-order valence-corrected chi connectivity index (χ2v) is 12.6. The van der Waals surface area contributed by atoms with E-state index in [9.17, 15) is 4.79 Å². The summed E-state index contributed by atoms with van der Waals surface area (Å²) >= 11 is 0. The van der Waals surface area contributed by atoms with Gasteiger partial charge in [0.15, 0.2) is 0 Å². The number of carbonyl (C=O) groups is 1. The molecule has 1 nitrogen and oxygen atoms in total. The van der Waals surface area contributed by atoms with Gasteiger partial charge < -0.3 is 0 Å². The van der Waals surface area contributed by atoms with Gasteiger partial charge in [0.2, 0.25) is 0 Å². The summed E-state index contributed by atoms with van der Waals surface area (Å²) in [4.78, 5) is 12.8. The van der Waals surface area contributed by atoms with E-state index >= 15 is 0 Å².